The maximum Gasteiger partial charge on any atom is 0.223 e. The molecule has 0 fully saturated rings. The zero-order valence-corrected chi connectivity index (χ0v) is 9.80. The molecule has 2 aromatic rings. The number of pyridine rings is 1. The van der Waals surface area contributed by atoms with Gasteiger partial charge in [-0.3, -0.25) is 4.98 Å². The van der Waals surface area contributed by atoms with Crippen molar-refractivity contribution in [3.63, 3.8) is 0 Å². The maximum absolute atomic E-state index is 5.66. The summed E-state index contributed by atoms with van der Waals surface area (Å²) in [5, 5.41) is 0. The fourth-order valence-electron chi connectivity index (χ4n) is 1.57. The minimum atomic E-state index is 0.286. The largest absolute Gasteiger partial charge is 0.368 e. The smallest absolute Gasteiger partial charge is 0.223 e. The van der Waals surface area contributed by atoms with E-state index in [9.17, 15) is 0 Å². The van der Waals surface area contributed by atoms with Gasteiger partial charge in [0.25, 0.3) is 0 Å². The lowest BCUT2D eigenvalue weighted by atomic mass is 10.2. The molecule has 0 aliphatic heterocycles. The third kappa shape index (κ3) is 3.21. The highest BCUT2D eigenvalue weighted by molar-refractivity contribution is 5.18. The molecule has 0 aromatic carbocycles. The molecular weight excluding hydrogens is 214 g/mol. The Bertz CT molecular complexity index is 484. The van der Waals surface area contributed by atoms with E-state index in [0.29, 0.717) is 12.2 Å². The van der Waals surface area contributed by atoms with Gasteiger partial charge in [-0.25, -0.2) is 4.98 Å². The summed E-state index contributed by atoms with van der Waals surface area (Å²) in [6.07, 6.45) is 4.16. The van der Waals surface area contributed by atoms with Crippen LogP contribution >= 0.6 is 0 Å². The van der Waals surface area contributed by atoms with E-state index in [0.717, 1.165) is 24.4 Å². The molecule has 17 heavy (non-hydrogen) atoms. The van der Waals surface area contributed by atoms with Gasteiger partial charge in [0.2, 0.25) is 5.95 Å². The van der Waals surface area contributed by atoms with Crippen molar-refractivity contribution in [2.24, 2.45) is 0 Å². The van der Waals surface area contributed by atoms with Gasteiger partial charge >= 0.3 is 0 Å². The minimum Gasteiger partial charge on any atom is -0.368 e. The number of nitrogens with two attached hydrogens (primary N) is 1. The molecule has 2 N–H and O–H groups in total. The number of aromatic nitrogens is 4. The summed E-state index contributed by atoms with van der Waals surface area (Å²) in [5.41, 5.74) is 6.59. The topological polar surface area (TPSA) is 77.6 Å². The van der Waals surface area contributed by atoms with Gasteiger partial charge in [-0.05, 0) is 18.6 Å². The fraction of sp³-hybridized carbons (Fsp3) is 0.333. The first-order chi connectivity index (χ1) is 8.28. The van der Waals surface area contributed by atoms with E-state index in [1.807, 2.05) is 18.2 Å². The van der Waals surface area contributed by atoms with Crippen LogP contribution in [-0.2, 0) is 12.8 Å². The number of aryl methyl sites for hydroxylation is 1. The molecule has 0 saturated heterocycles. The minimum absolute atomic E-state index is 0.286. The van der Waals surface area contributed by atoms with E-state index in [2.05, 4.69) is 26.9 Å². The zero-order chi connectivity index (χ0) is 12.1. The predicted molar refractivity (Wildman–Crippen MR) is 65.3 cm³/mol. The average Bonchev–Trinajstić information content (AvgIpc) is 2.30. The highest BCUT2D eigenvalue weighted by Crippen LogP contribution is 2.05. The number of anilines is 1. The maximum atomic E-state index is 5.66. The van der Waals surface area contributed by atoms with Crippen LogP contribution in [0.25, 0.3) is 0 Å². The second-order valence-electron chi connectivity index (χ2n) is 3.77. The van der Waals surface area contributed by atoms with Gasteiger partial charge < -0.3 is 5.73 Å². The van der Waals surface area contributed by atoms with Gasteiger partial charge in [0, 0.05) is 18.3 Å². The molecule has 0 aliphatic rings. The molecule has 0 spiro atoms. The standard InChI is InChI=1S/C12H15N5/c1-2-5-10-15-11(17-12(13)16-10)8-9-6-3-4-7-14-9/h3-4,6-7H,2,5,8H2,1H3,(H2,13,15,16,17). The van der Waals surface area contributed by atoms with Gasteiger partial charge in [0.15, 0.2) is 0 Å². The molecule has 2 aromatic heterocycles. The lowest BCUT2D eigenvalue weighted by molar-refractivity contribution is 0.788. The van der Waals surface area contributed by atoms with E-state index in [-0.39, 0.29) is 5.95 Å². The highest BCUT2D eigenvalue weighted by atomic mass is 15.1. The SMILES string of the molecule is CCCc1nc(N)nc(Cc2ccccn2)n1. The molecule has 0 bridgehead atoms. The average molecular weight is 229 g/mol. The van der Waals surface area contributed by atoms with Crippen LogP contribution in [0.4, 0.5) is 5.95 Å². The molecule has 5 heteroatoms. The molecule has 2 rings (SSSR count). The van der Waals surface area contributed by atoms with Gasteiger partial charge in [-0.2, -0.15) is 9.97 Å². The van der Waals surface area contributed by atoms with Crippen LogP contribution < -0.4 is 5.73 Å². The van der Waals surface area contributed by atoms with Crippen molar-refractivity contribution >= 4 is 5.95 Å². The third-order valence-corrected chi connectivity index (χ3v) is 2.28. The van der Waals surface area contributed by atoms with Crippen molar-refractivity contribution in [3.05, 3.63) is 41.7 Å². The van der Waals surface area contributed by atoms with Crippen molar-refractivity contribution in [1.29, 1.82) is 0 Å². The molecule has 0 saturated carbocycles. The van der Waals surface area contributed by atoms with Gasteiger partial charge in [-0.15, -0.1) is 0 Å². The highest BCUT2D eigenvalue weighted by Gasteiger charge is 2.05. The Balaban J connectivity index is 2.21. The van der Waals surface area contributed by atoms with Crippen LogP contribution in [0, 0.1) is 0 Å². The monoisotopic (exact) mass is 229 g/mol. The molecule has 2 heterocycles. The van der Waals surface area contributed by atoms with Crippen LogP contribution in [0.2, 0.25) is 0 Å². The first-order valence-electron chi connectivity index (χ1n) is 5.67. The Kier molecular flexibility index (Phi) is 3.59. The Labute approximate surface area is 100 Å². The van der Waals surface area contributed by atoms with Crippen molar-refractivity contribution in [2.45, 2.75) is 26.2 Å². The van der Waals surface area contributed by atoms with Crippen molar-refractivity contribution in [2.75, 3.05) is 5.73 Å². The molecule has 0 amide bonds. The lowest BCUT2D eigenvalue weighted by Gasteiger charge is -2.03. The van der Waals surface area contributed by atoms with Crippen LogP contribution in [0.15, 0.2) is 24.4 Å². The molecule has 88 valence electrons. The Morgan fingerprint density at radius 1 is 1.12 bits per heavy atom. The van der Waals surface area contributed by atoms with E-state index < -0.39 is 0 Å². The van der Waals surface area contributed by atoms with Crippen LogP contribution in [0.5, 0.6) is 0 Å². The summed E-state index contributed by atoms with van der Waals surface area (Å²) in [6, 6.07) is 5.77. The van der Waals surface area contributed by atoms with Crippen molar-refractivity contribution in [3.8, 4) is 0 Å². The lowest BCUT2D eigenvalue weighted by Crippen LogP contribution is -2.08. The van der Waals surface area contributed by atoms with E-state index in [1.54, 1.807) is 6.20 Å². The van der Waals surface area contributed by atoms with Crippen molar-refractivity contribution in [1.82, 2.24) is 19.9 Å². The summed E-state index contributed by atoms with van der Waals surface area (Å²) in [5.74, 6) is 1.72. The summed E-state index contributed by atoms with van der Waals surface area (Å²) in [6.45, 7) is 2.08. The van der Waals surface area contributed by atoms with E-state index in [1.165, 1.54) is 0 Å². The normalized spacial score (nSPS) is 10.4. The zero-order valence-electron chi connectivity index (χ0n) is 9.80. The molecule has 0 unspecified atom stereocenters. The quantitative estimate of drug-likeness (QED) is 0.857. The second kappa shape index (κ2) is 5.34. The van der Waals surface area contributed by atoms with E-state index >= 15 is 0 Å². The summed E-state index contributed by atoms with van der Waals surface area (Å²) in [7, 11) is 0. The van der Waals surface area contributed by atoms with Gasteiger partial charge in [-0.1, -0.05) is 13.0 Å². The number of hydrogen-bond donors (Lipinski definition) is 1. The number of hydrogen-bond acceptors (Lipinski definition) is 5. The first kappa shape index (κ1) is 11.4. The molecule has 0 aliphatic carbocycles. The molecule has 5 nitrogen and oxygen atoms in total. The van der Waals surface area contributed by atoms with Crippen LogP contribution in [0.1, 0.15) is 30.7 Å². The fourth-order valence-corrected chi connectivity index (χ4v) is 1.57. The number of nitrogens with zero attached hydrogens (tertiary/aromatic N) is 4. The van der Waals surface area contributed by atoms with Gasteiger partial charge in [0.05, 0.1) is 6.42 Å². The number of nitrogen functional groups attached to an aromatic ring is 1. The second-order valence-corrected chi connectivity index (χ2v) is 3.77. The van der Waals surface area contributed by atoms with Crippen LogP contribution in [0.3, 0.4) is 0 Å². The van der Waals surface area contributed by atoms with Crippen molar-refractivity contribution < 1.29 is 0 Å². The van der Waals surface area contributed by atoms with E-state index in [4.69, 9.17) is 5.73 Å². The van der Waals surface area contributed by atoms with Gasteiger partial charge in [0.1, 0.15) is 11.6 Å². The summed E-state index contributed by atoms with van der Waals surface area (Å²) >= 11 is 0. The molecule has 0 atom stereocenters. The Hall–Kier alpha value is -2.04. The predicted octanol–water partition coefficient (Wildman–Crippen LogP) is 1.39. The Morgan fingerprint density at radius 2 is 1.94 bits per heavy atom. The number of rotatable bonds is 4. The summed E-state index contributed by atoms with van der Waals surface area (Å²) in [4.78, 5) is 16.8. The first-order valence-corrected chi connectivity index (χ1v) is 5.67. The molecular formula is C12H15N5. The Morgan fingerprint density at radius 3 is 2.65 bits per heavy atom. The third-order valence-electron chi connectivity index (χ3n) is 2.28. The molecule has 0 radical (unpaired) electrons. The summed E-state index contributed by atoms with van der Waals surface area (Å²) < 4.78 is 0. The van der Waals surface area contributed by atoms with Crippen LogP contribution in [-0.4, -0.2) is 19.9 Å².